The molecule has 2 rings (SSSR count). The molecule has 0 aliphatic rings. The van der Waals surface area contributed by atoms with Crippen LogP contribution in [0.3, 0.4) is 0 Å². The molecule has 2 aromatic carbocycles. The zero-order valence-corrected chi connectivity index (χ0v) is 15.7. The van der Waals surface area contributed by atoms with Crippen LogP contribution in [0.15, 0.2) is 46.9 Å². The van der Waals surface area contributed by atoms with Gasteiger partial charge in [0.2, 0.25) is 0 Å². The minimum absolute atomic E-state index is 0.506. The molecule has 0 spiro atoms. The maximum absolute atomic E-state index is 6.06. The fourth-order valence-electron chi connectivity index (χ4n) is 2.32. The lowest BCUT2D eigenvalue weighted by Gasteiger charge is -2.16. The van der Waals surface area contributed by atoms with Gasteiger partial charge in [0.1, 0.15) is 5.75 Å². The summed E-state index contributed by atoms with van der Waals surface area (Å²) in [6, 6.07) is 14.2. The Labute approximate surface area is 147 Å². The molecule has 21 heavy (non-hydrogen) atoms. The first kappa shape index (κ1) is 16.9. The van der Waals surface area contributed by atoms with Gasteiger partial charge in [-0.3, -0.25) is 0 Å². The highest BCUT2D eigenvalue weighted by Crippen LogP contribution is 2.27. The Balaban J connectivity index is 2.12. The van der Waals surface area contributed by atoms with Crippen LogP contribution < -0.4 is 4.74 Å². The molecule has 0 fully saturated rings. The summed E-state index contributed by atoms with van der Waals surface area (Å²) in [5, 5.41) is 1.74. The van der Waals surface area contributed by atoms with Crippen LogP contribution in [-0.4, -0.2) is 12.4 Å². The van der Waals surface area contributed by atoms with Crippen molar-refractivity contribution in [2.75, 3.05) is 12.4 Å². The Bertz CT molecular complexity index is 601. The van der Waals surface area contributed by atoms with Crippen molar-refractivity contribution in [3.63, 3.8) is 0 Å². The first-order valence-corrected chi connectivity index (χ1v) is 9.04. The SMILES string of the molecule is COc1ccc(Br)c(CC(CBr)Cc2cccc(Cl)c2)c1. The molecule has 0 aliphatic carbocycles. The summed E-state index contributed by atoms with van der Waals surface area (Å²) in [5.41, 5.74) is 2.53. The summed E-state index contributed by atoms with van der Waals surface area (Å²) in [5.74, 6) is 1.40. The quantitative estimate of drug-likeness (QED) is 0.516. The van der Waals surface area contributed by atoms with Gasteiger partial charge in [-0.05, 0) is 60.2 Å². The van der Waals surface area contributed by atoms with E-state index in [9.17, 15) is 0 Å². The van der Waals surface area contributed by atoms with E-state index in [2.05, 4.69) is 44.0 Å². The Morgan fingerprint density at radius 3 is 2.62 bits per heavy atom. The second kappa shape index (κ2) is 8.21. The highest BCUT2D eigenvalue weighted by Gasteiger charge is 2.12. The highest BCUT2D eigenvalue weighted by molar-refractivity contribution is 9.10. The fraction of sp³-hybridized carbons (Fsp3) is 0.294. The molecule has 0 aliphatic heterocycles. The molecule has 112 valence electrons. The topological polar surface area (TPSA) is 9.23 Å². The average molecular weight is 433 g/mol. The lowest BCUT2D eigenvalue weighted by atomic mass is 9.94. The molecule has 0 radical (unpaired) electrons. The van der Waals surface area contributed by atoms with Gasteiger partial charge in [0.05, 0.1) is 7.11 Å². The first-order valence-electron chi connectivity index (χ1n) is 6.75. The number of ether oxygens (including phenoxy) is 1. The standard InChI is InChI=1S/C17H17Br2ClO/c1-21-16-5-6-17(19)14(10-16)8-13(11-18)7-12-3-2-4-15(20)9-12/h2-6,9-10,13H,7-8,11H2,1H3. The van der Waals surface area contributed by atoms with Crippen molar-refractivity contribution < 1.29 is 4.74 Å². The van der Waals surface area contributed by atoms with Gasteiger partial charge >= 0.3 is 0 Å². The monoisotopic (exact) mass is 430 g/mol. The number of hydrogen-bond donors (Lipinski definition) is 0. The van der Waals surface area contributed by atoms with Crippen molar-refractivity contribution >= 4 is 43.5 Å². The predicted molar refractivity (Wildman–Crippen MR) is 96.8 cm³/mol. The summed E-state index contributed by atoms with van der Waals surface area (Å²) >= 11 is 13.3. The highest BCUT2D eigenvalue weighted by atomic mass is 79.9. The first-order chi connectivity index (χ1) is 10.1. The number of rotatable bonds is 6. The maximum Gasteiger partial charge on any atom is 0.119 e. The summed E-state index contributed by atoms with van der Waals surface area (Å²) in [6.45, 7) is 0. The molecule has 1 atom stereocenters. The molecular formula is C17H17Br2ClO. The third-order valence-corrected chi connectivity index (χ3v) is 5.32. The van der Waals surface area contributed by atoms with E-state index in [1.54, 1.807) is 7.11 Å². The van der Waals surface area contributed by atoms with Gasteiger partial charge in [0, 0.05) is 14.8 Å². The van der Waals surface area contributed by atoms with Crippen LogP contribution in [0.1, 0.15) is 11.1 Å². The van der Waals surface area contributed by atoms with Gasteiger partial charge in [0.25, 0.3) is 0 Å². The van der Waals surface area contributed by atoms with E-state index in [4.69, 9.17) is 16.3 Å². The Morgan fingerprint density at radius 2 is 1.95 bits per heavy atom. The van der Waals surface area contributed by atoms with E-state index < -0.39 is 0 Å². The fourth-order valence-corrected chi connectivity index (χ4v) is 3.40. The van der Waals surface area contributed by atoms with Crippen molar-refractivity contribution in [2.45, 2.75) is 12.8 Å². The van der Waals surface area contributed by atoms with Crippen molar-refractivity contribution in [1.29, 1.82) is 0 Å². The van der Waals surface area contributed by atoms with E-state index in [1.807, 2.05) is 30.3 Å². The molecule has 2 aromatic rings. The predicted octanol–water partition coefficient (Wildman–Crippen LogP) is 5.91. The Hall–Kier alpha value is -0.510. The zero-order chi connectivity index (χ0) is 15.2. The lowest BCUT2D eigenvalue weighted by Crippen LogP contribution is -2.10. The van der Waals surface area contributed by atoms with Crippen LogP contribution in [0.25, 0.3) is 0 Å². The van der Waals surface area contributed by atoms with Crippen LogP contribution >= 0.6 is 43.5 Å². The second-order valence-corrected chi connectivity index (χ2v) is 6.95. The number of hydrogen-bond acceptors (Lipinski definition) is 1. The minimum Gasteiger partial charge on any atom is -0.497 e. The molecule has 0 bridgehead atoms. The molecular weight excluding hydrogens is 415 g/mol. The molecule has 0 saturated carbocycles. The smallest absolute Gasteiger partial charge is 0.119 e. The van der Waals surface area contributed by atoms with Gasteiger partial charge in [-0.15, -0.1) is 0 Å². The van der Waals surface area contributed by atoms with E-state index in [0.29, 0.717) is 5.92 Å². The summed E-state index contributed by atoms with van der Waals surface area (Å²) in [4.78, 5) is 0. The molecule has 1 nitrogen and oxygen atoms in total. The normalized spacial score (nSPS) is 12.2. The van der Waals surface area contributed by atoms with E-state index >= 15 is 0 Å². The van der Waals surface area contributed by atoms with Crippen LogP contribution in [0, 0.1) is 5.92 Å². The van der Waals surface area contributed by atoms with Crippen molar-refractivity contribution in [3.8, 4) is 5.75 Å². The van der Waals surface area contributed by atoms with Gasteiger partial charge in [-0.25, -0.2) is 0 Å². The minimum atomic E-state index is 0.506. The third-order valence-electron chi connectivity index (χ3n) is 3.39. The number of methoxy groups -OCH3 is 1. The van der Waals surface area contributed by atoms with Crippen molar-refractivity contribution in [2.24, 2.45) is 5.92 Å². The Kier molecular flexibility index (Phi) is 6.59. The molecule has 0 amide bonds. The molecule has 1 unspecified atom stereocenters. The molecule has 0 saturated heterocycles. The molecule has 4 heteroatoms. The second-order valence-electron chi connectivity index (χ2n) is 5.02. The Morgan fingerprint density at radius 1 is 1.14 bits per heavy atom. The maximum atomic E-state index is 6.06. The van der Waals surface area contributed by atoms with Crippen molar-refractivity contribution in [3.05, 3.63) is 63.1 Å². The molecule has 0 N–H and O–H groups in total. The van der Waals surface area contributed by atoms with Gasteiger partial charge in [-0.2, -0.15) is 0 Å². The van der Waals surface area contributed by atoms with E-state index in [-0.39, 0.29) is 0 Å². The summed E-state index contributed by atoms with van der Waals surface area (Å²) in [7, 11) is 1.70. The summed E-state index contributed by atoms with van der Waals surface area (Å²) < 4.78 is 6.43. The van der Waals surface area contributed by atoms with Crippen LogP contribution in [0.5, 0.6) is 5.75 Å². The van der Waals surface area contributed by atoms with E-state index in [1.165, 1.54) is 11.1 Å². The van der Waals surface area contributed by atoms with Crippen LogP contribution in [-0.2, 0) is 12.8 Å². The van der Waals surface area contributed by atoms with Crippen molar-refractivity contribution in [1.82, 2.24) is 0 Å². The number of benzene rings is 2. The van der Waals surface area contributed by atoms with Gasteiger partial charge in [-0.1, -0.05) is 55.6 Å². The van der Waals surface area contributed by atoms with Gasteiger partial charge < -0.3 is 4.74 Å². The van der Waals surface area contributed by atoms with Gasteiger partial charge in [0.15, 0.2) is 0 Å². The van der Waals surface area contributed by atoms with E-state index in [0.717, 1.165) is 33.4 Å². The molecule has 0 heterocycles. The average Bonchev–Trinajstić information content (AvgIpc) is 2.48. The van der Waals surface area contributed by atoms with Crippen LogP contribution in [0.4, 0.5) is 0 Å². The third kappa shape index (κ3) is 5.01. The lowest BCUT2D eigenvalue weighted by molar-refractivity contribution is 0.413. The summed E-state index contributed by atoms with van der Waals surface area (Å²) in [6.07, 6.45) is 1.98. The molecule has 0 aromatic heterocycles. The largest absolute Gasteiger partial charge is 0.497 e. The number of halogens is 3. The van der Waals surface area contributed by atoms with Crippen LogP contribution in [0.2, 0.25) is 5.02 Å². The number of alkyl halides is 1. The zero-order valence-electron chi connectivity index (χ0n) is 11.8.